The first-order valence-corrected chi connectivity index (χ1v) is 11.6. The van der Waals surface area contributed by atoms with Crippen LogP contribution in [0.1, 0.15) is 29.7 Å². The standard InChI is InChI=1S/C22H21F2N5OS2/c1-12(15-8-4-3-6-13(15)10-30)29(2)20-18-19(26-21(25)32-18)27-22(28-20)31-11-14-7-5-9-16(23)17(14)24/h3-9,12,30H,10-11H2,1-2H3,(H2,25,26,27,28)/t12-/m1/s1. The number of halogens is 2. The molecule has 0 bridgehead atoms. The van der Waals surface area contributed by atoms with Gasteiger partial charge in [-0.05, 0) is 24.1 Å². The molecule has 2 aromatic carbocycles. The first-order chi connectivity index (χ1) is 15.4. The number of thioether (sulfide) groups is 1. The van der Waals surface area contributed by atoms with Gasteiger partial charge in [0.05, 0.1) is 12.6 Å². The van der Waals surface area contributed by atoms with Gasteiger partial charge in [-0.1, -0.05) is 59.5 Å². The molecule has 0 spiro atoms. The molecule has 0 aliphatic heterocycles. The van der Waals surface area contributed by atoms with Crippen molar-refractivity contribution in [3.05, 3.63) is 70.8 Å². The molecule has 0 aliphatic rings. The van der Waals surface area contributed by atoms with E-state index in [-0.39, 0.29) is 24.0 Å². The number of nitrogens with two attached hydrogens (primary N) is 1. The molecule has 166 valence electrons. The number of benzene rings is 2. The molecule has 3 N–H and O–H groups in total. The molecule has 1 atom stereocenters. The topological polar surface area (TPSA) is 88.2 Å². The Morgan fingerprint density at radius 3 is 2.62 bits per heavy atom. The maximum absolute atomic E-state index is 14.0. The smallest absolute Gasteiger partial charge is 0.191 e. The summed E-state index contributed by atoms with van der Waals surface area (Å²) in [5.41, 5.74) is 8.42. The quantitative estimate of drug-likeness (QED) is 0.291. The zero-order valence-corrected chi connectivity index (χ0v) is 19.1. The number of thiazole rings is 1. The van der Waals surface area contributed by atoms with E-state index in [9.17, 15) is 13.9 Å². The summed E-state index contributed by atoms with van der Waals surface area (Å²) in [6.45, 7) is 1.95. The lowest BCUT2D eigenvalue weighted by Crippen LogP contribution is -2.24. The van der Waals surface area contributed by atoms with Crippen LogP contribution in [0.15, 0.2) is 47.6 Å². The number of hydrogen-bond acceptors (Lipinski definition) is 8. The molecule has 4 rings (SSSR count). The van der Waals surface area contributed by atoms with Crippen LogP contribution in [0.4, 0.5) is 19.7 Å². The van der Waals surface area contributed by atoms with Crippen molar-refractivity contribution in [2.75, 3.05) is 17.7 Å². The Balaban J connectivity index is 1.69. The summed E-state index contributed by atoms with van der Waals surface area (Å²) in [6, 6.07) is 11.6. The molecule has 0 radical (unpaired) electrons. The minimum absolute atomic E-state index is 0.0681. The zero-order valence-electron chi connectivity index (χ0n) is 17.4. The van der Waals surface area contributed by atoms with Gasteiger partial charge < -0.3 is 15.7 Å². The molecule has 6 nitrogen and oxygen atoms in total. The maximum Gasteiger partial charge on any atom is 0.191 e. The van der Waals surface area contributed by atoms with E-state index in [4.69, 9.17) is 10.7 Å². The monoisotopic (exact) mass is 473 g/mol. The Kier molecular flexibility index (Phi) is 6.54. The summed E-state index contributed by atoms with van der Waals surface area (Å²) in [5.74, 6) is -0.957. The Morgan fingerprint density at radius 1 is 1.09 bits per heavy atom. The average Bonchev–Trinajstić information content (AvgIpc) is 3.18. The predicted molar refractivity (Wildman–Crippen MR) is 125 cm³/mol. The molecule has 10 heteroatoms. The highest BCUT2D eigenvalue weighted by atomic mass is 32.2. The molecule has 2 aromatic heterocycles. The molecule has 4 aromatic rings. The van der Waals surface area contributed by atoms with Gasteiger partial charge in [0, 0.05) is 18.4 Å². The third-order valence-electron chi connectivity index (χ3n) is 5.21. The van der Waals surface area contributed by atoms with Crippen LogP contribution in [0.3, 0.4) is 0 Å². The first kappa shape index (κ1) is 22.4. The van der Waals surface area contributed by atoms with Gasteiger partial charge in [0.2, 0.25) is 0 Å². The van der Waals surface area contributed by atoms with E-state index in [1.165, 1.54) is 35.2 Å². The fraction of sp³-hybridized carbons (Fsp3) is 0.227. The minimum atomic E-state index is -0.886. The molecule has 32 heavy (non-hydrogen) atoms. The van der Waals surface area contributed by atoms with Crippen LogP contribution in [-0.4, -0.2) is 27.1 Å². The van der Waals surface area contributed by atoms with E-state index in [2.05, 4.69) is 9.97 Å². The number of aromatic nitrogens is 3. The number of rotatable bonds is 7. The van der Waals surface area contributed by atoms with E-state index in [0.717, 1.165) is 21.9 Å². The van der Waals surface area contributed by atoms with Gasteiger partial charge >= 0.3 is 0 Å². The molecule has 0 aliphatic carbocycles. The van der Waals surface area contributed by atoms with Gasteiger partial charge in [-0.3, -0.25) is 0 Å². The molecule has 2 heterocycles. The summed E-state index contributed by atoms with van der Waals surface area (Å²) < 4.78 is 28.3. The lowest BCUT2D eigenvalue weighted by atomic mass is 10.0. The fourth-order valence-electron chi connectivity index (χ4n) is 3.39. The number of hydrogen-bond donors (Lipinski definition) is 2. The van der Waals surface area contributed by atoms with Gasteiger partial charge in [0.25, 0.3) is 0 Å². The molecule has 0 unspecified atom stereocenters. The van der Waals surface area contributed by atoms with Gasteiger partial charge in [0.15, 0.2) is 33.4 Å². The van der Waals surface area contributed by atoms with Gasteiger partial charge in [-0.2, -0.15) is 0 Å². The van der Waals surface area contributed by atoms with Gasteiger partial charge in [-0.15, -0.1) is 0 Å². The molecule has 0 saturated heterocycles. The van der Waals surface area contributed by atoms with Crippen LogP contribution in [0.2, 0.25) is 0 Å². The van der Waals surface area contributed by atoms with Crippen molar-refractivity contribution in [3.8, 4) is 0 Å². The van der Waals surface area contributed by atoms with Crippen molar-refractivity contribution in [2.45, 2.75) is 30.5 Å². The van der Waals surface area contributed by atoms with Crippen LogP contribution < -0.4 is 10.6 Å². The van der Waals surface area contributed by atoms with Gasteiger partial charge in [-0.25, -0.2) is 23.7 Å². The number of anilines is 2. The van der Waals surface area contributed by atoms with E-state index in [0.29, 0.717) is 21.8 Å². The Hall–Kier alpha value is -2.82. The second-order valence-electron chi connectivity index (χ2n) is 7.18. The van der Waals surface area contributed by atoms with Crippen molar-refractivity contribution in [2.24, 2.45) is 0 Å². The number of nitrogens with zero attached hydrogens (tertiary/aromatic N) is 4. The van der Waals surface area contributed by atoms with E-state index >= 15 is 0 Å². The SMILES string of the molecule is C[C@H](c1ccccc1CO)N(C)c1nc(SCc2cccc(F)c2F)nc2nc(N)sc12. The molecule has 0 saturated carbocycles. The summed E-state index contributed by atoms with van der Waals surface area (Å²) in [7, 11) is 1.90. The van der Waals surface area contributed by atoms with Gasteiger partial charge in [0.1, 0.15) is 4.70 Å². The molecular formula is C22H21F2N5OS2. The van der Waals surface area contributed by atoms with E-state index < -0.39 is 11.6 Å². The number of aliphatic hydroxyl groups is 1. The Labute approximate surface area is 192 Å². The van der Waals surface area contributed by atoms with Crippen molar-refractivity contribution >= 4 is 44.4 Å². The van der Waals surface area contributed by atoms with E-state index in [1.54, 1.807) is 0 Å². The molecule has 0 amide bonds. The van der Waals surface area contributed by atoms with Crippen LogP contribution in [-0.2, 0) is 12.4 Å². The van der Waals surface area contributed by atoms with Crippen molar-refractivity contribution in [1.82, 2.24) is 15.0 Å². The summed E-state index contributed by atoms with van der Waals surface area (Å²) in [6.07, 6.45) is 0. The fourth-order valence-corrected chi connectivity index (χ4v) is 5.00. The highest BCUT2D eigenvalue weighted by molar-refractivity contribution is 7.98. The highest BCUT2D eigenvalue weighted by Gasteiger charge is 2.22. The maximum atomic E-state index is 14.0. The van der Waals surface area contributed by atoms with Crippen molar-refractivity contribution < 1.29 is 13.9 Å². The van der Waals surface area contributed by atoms with Crippen LogP contribution in [0.5, 0.6) is 0 Å². The lowest BCUT2D eigenvalue weighted by molar-refractivity contribution is 0.280. The Bertz CT molecular complexity index is 1270. The number of nitrogen functional groups attached to an aromatic ring is 1. The average molecular weight is 474 g/mol. The third-order valence-corrected chi connectivity index (χ3v) is 6.98. The zero-order chi connectivity index (χ0) is 22.8. The van der Waals surface area contributed by atoms with Crippen molar-refractivity contribution in [1.29, 1.82) is 0 Å². The molecular weight excluding hydrogens is 452 g/mol. The number of fused-ring (bicyclic) bond motifs is 1. The van der Waals surface area contributed by atoms with Crippen LogP contribution in [0.25, 0.3) is 10.3 Å². The lowest BCUT2D eigenvalue weighted by Gasteiger charge is -2.28. The summed E-state index contributed by atoms with van der Waals surface area (Å²) >= 11 is 2.48. The van der Waals surface area contributed by atoms with Crippen LogP contribution in [0, 0.1) is 11.6 Å². The highest BCUT2D eigenvalue weighted by Crippen LogP contribution is 2.36. The first-order valence-electron chi connectivity index (χ1n) is 9.80. The second-order valence-corrected chi connectivity index (χ2v) is 9.15. The van der Waals surface area contributed by atoms with Crippen LogP contribution >= 0.6 is 23.1 Å². The normalized spacial score (nSPS) is 12.3. The summed E-state index contributed by atoms with van der Waals surface area (Å²) in [4.78, 5) is 15.4. The second kappa shape index (κ2) is 9.35. The predicted octanol–water partition coefficient (Wildman–Crippen LogP) is 4.93. The Morgan fingerprint density at radius 2 is 1.84 bits per heavy atom. The van der Waals surface area contributed by atoms with Crippen molar-refractivity contribution in [3.63, 3.8) is 0 Å². The minimum Gasteiger partial charge on any atom is -0.392 e. The summed E-state index contributed by atoms with van der Waals surface area (Å²) in [5, 5.41) is 10.5. The van der Waals surface area contributed by atoms with E-state index in [1.807, 2.05) is 43.1 Å². The largest absolute Gasteiger partial charge is 0.392 e. The molecule has 0 fully saturated rings. The number of aliphatic hydroxyl groups excluding tert-OH is 1. The third kappa shape index (κ3) is 4.38.